The van der Waals surface area contributed by atoms with Crippen LogP contribution >= 0.6 is 0 Å². The molecular formula is C21H29N3O3. The number of pyridine rings is 1. The predicted molar refractivity (Wildman–Crippen MR) is 101 cm³/mol. The number of piperidine rings is 1. The zero-order valence-electron chi connectivity index (χ0n) is 16.4. The van der Waals surface area contributed by atoms with Gasteiger partial charge >= 0.3 is 6.09 Å². The van der Waals surface area contributed by atoms with Gasteiger partial charge in [-0.2, -0.15) is 0 Å². The number of hydrogen-bond donors (Lipinski definition) is 1. The van der Waals surface area contributed by atoms with Gasteiger partial charge in [0.25, 0.3) is 0 Å². The summed E-state index contributed by atoms with van der Waals surface area (Å²) in [6, 6.07) is 6.35. The van der Waals surface area contributed by atoms with E-state index in [0.717, 1.165) is 31.6 Å². The number of rotatable bonds is 2. The minimum Gasteiger partial charge on any atom is -0.450 e. The Hall–Kier alpha value is -2.11. The van der Waals surface area contributed by atoms with Crippen molar-refractivity contribution < 1.29 is 14.3 Å². The number of cyclic esters (lactones) is 1. The molecule has 3 fully saturated rings. The van der Waals surface area contributed by atoms with E-state index < -0.39 is 6.09 Å². The maximum Gasteiger partial charge on any atom is 0.407 e. The number of nitrogens with one attached hydrogen (secondary N) is 1. The normalized spacial score (nSPS) is 30.6. The number of fused-ring (bicyclic) bond motifs is 1. The van der Waals surface area contributed by atoms with Gasteiger partial charge in [-0.3, -0.25) is 9.78 Å². The van der Waals surface area contributed by atoms with Gasteiger partial charge in [-0.15, -0.1) is 0 Å². The molecule has 1 aromatic rings. The third kappa shape index (κ3) is 3.66. The summed E-state index contributed by atoms with van der Waals surface area (Å²) in [5, 5.41) is 2.70. The summed E-state index contributed by atoms with van der Waals surface area (Å²) >= 11 is 0. The van der Waals surface area contributed by atoms with E-state index in [0.29, 0.717) is 30.9 Å². The fourth-order valence-electron chi connectivity index (χ4n) is 4.52. The van der Waals surface area contributed by atoms with Crippen molar-refractivity contribution in [2.24, 2.45) is 17.8 Å². The fourth-order valence-corrected chi connectivity index (χ4v) is 4.52. The molecular weight excluding hydrogens is 342 g/mol. The molecule has 0 radical (unpaired) electrons. The Morgan fingerprint density at radius 2 is 2.00 bits per heavy atom. The third-order valence-electron chi connectivity index (χ3n) is 6.16. The summed E-state index contributed by atoms with van der Waals surface area (Å²) in [6.07, 6.45) is 1.10. The lowest BCUT2D eigenvalue weighted by Crippen LogP contribution is -2.43. The molecule has 6 heteroatoms. The van der Waals surface area contributed by atoms with Gasteiger partial charge in [0.05, 0.1) is 12.5 Å². The summed E-state index contributed by atoms with van der Waals surface area (Å²) in [6.45, 7) is 8.96. The van der Waals surface area contributed by atoms with Crippen LogP contribution in [0.2, 0.25) is 0 Å². The van der Waals surface area contributed by atoms with E-state index in [9.17, 15) is 9.59 Å². The van der Waals surface area contributed by atoms with Crippen LogP contribution in [-0.2, 0) is 14.9 Å². The predicted octanol–water partition coefficient (Wildman–Crippen LogP) is 2.69. The monoisotopic (exact) mass is 371 g/mol. The lowest BCUT2D eigenvalue weighted by Gasteiger charge is -2.27. The molecule has 0 bridgehead atoms. The highest BCUT2D eigenvalue weighted by molar-refractivity contribution is 5.80. The van der Waals surface area contributed by atoms with Crippen LogP contribution in [0.4, 0.5) is 4.79 Å². The molecule has 1 N–H and O–H groups in total. The highest BCUT2D eigenvalue weighted by atomic mass is 16.5. The molecule has 1 aliphatic carbocycles. The van der Waals surface area contributed by atoms with Crippen LogP contribution in [0, 0.1) is 17.8 Å². The van der Waals surface area contributed by atoms with Crippen LogP contribution in [-0.4, -0.2) is 48.1 Å². The number of ether oxygens (including phenoxy) is 1. The second kappa shape index (κ2) is 6.80. The van der Waals surface area contributed by atoms with Gasteiger partial charge in [0.15, 0.2) is 0 Å². The Labute approximate surface area is 160 Å². The van der Waals surface area contributed by atoms with Crippen molar-refractivity contribution in [3.8, 4) is 0 Å². The first-order valence-corrected chi connectivity index (χ1v) is 10.0. The molecule has 0 spiro atoms. The molecule has 4 rings (SSSR count). The molecule has 0 aromatic carbocycles. The van der Waals surface area contributed by atoms with Crippen molar-refractivity contribution in [2.75, 3.05) is 26.2 Å². The second-order valence-electron chi connectivity index (χ2n) is 9.15. The van der Waals surface area contributed by atoms with Crippen LogP contribution in [0.5, 0.6) is 0 Å². The van der Waals surface area contributed by atoms with Crippen molar-refractivity contribution in [2.45, 2.75) is 44.9 Å². The van der Waals surface area contributed by atoms with Crippen molar-refractivity contribution in [1.82, 2.24) is 15.2 Å². The number of carbonyl (C=O) groups excluding carboxylic acids is 2. The van der Waals surface area contributed by atoms with E-state index in [1.165, 1.54) is 5.69 Å². The molecule has 4 atom stereocenters. The Morgan fingerprint density at radius 3 is 2.70 bits per heavy atom. The number of likely N-dealkylation sites (tertiary alicyclic amines) is 1. The zero-order chi connectivity index (χ0) is 19.2. The summed E-state index contributed by atoms with van der Waals surface area (Å²) in [7, 11) is 0. The first-order valence-electron chi connectivity index (χ1n) is 10.0. The van der Waals surface area contributed by atoms with Gasteiger partial charge in [0, 0.05) is 42.4 Å². The molecule has 2 aliphatic heterocycles. The number of hydrogen-bond acceptors (Lipinski definition) is 4. The average molecular weight is 371 g/mol. The highest BCUT2D eigenvalue weighted by Gasteiger charge is 2.58. The summed E-state index contributed by atoms with van der Waals surface area (Å²) < 4.78 is 4.98. The second-order valence-corrected chi connectivity index (χ2v) is 9.15. The largest absolute Gasteiger partial charge is 0.450 e. The molecule has 3 heterocycles. The van der Waals surface area contributed by atoms with Crippen molar-refractivity contribution in [3.63, 3.8) is 0 Å². The lowest BCUT2D eigenvalue weighted by molar-refractivity contribution is -0.135. The van der Waals surface area contributed by atoms with Gasteiger partial charge < -0.3 is 15.0 Å². The molecule has 146 valence electrons. The van der Waals surface area contributed by atoms with Crippen LogP contribution < -0.4 is 5.32 Å². The Kier molecular flexibility index (Phi) is 4.60. The number of nitrogens with zero attached hydrogens (tertiary/aromatic N) is 2. The van der Waals surface area contributed by atoms with Crippen LogP contribution in [0.25, 0.3) is 0 Å². The molecule has 6 nitrogen and oxygen atoms in total. The van der Waals surface area contributed by atoms with Crippen molar-refractivity contribution >= 4 is 12.0 Å². The number of aromatic nitrogens is 1. The summed E-state index contributed by atoms with van der Waals surface area (Å²) in [5.41, 5.74) is 2.36. The van der Waals surface area contributed by atoms with E-state index in [1.807, 2.05) is 4.90 Å². The summed E-state index contributed by atoms with van der Waals surface area (Å²) in [4.78, 5) is 31.2. The Bertz CT molecular complexity index is 730. The average Bonchev–Trinajstić information content (AvgIpc) is 3.11. The van der Waals surface area contributed by atoms with Gasteiger partial charge in [0.2, 0.25) is 5.91 Å². The zero-order valence-corrected chi connectivity index (χ0v) is 16.4. The Morgan fingerprint density at radius 1 is 1.26 bits per heavy atom. The van der Waals surface area contributed by atoms with Gasteiger partial charge in [-0.05, 0) is 36.8 Å². The summed E-state index contributed by atoms with van der Waals surface area (Å²) in [5.74, 6) is 1.60. The van der Waals surface area contributed by atoms with E-state index in [4.69, 9.17) is 9.72 Å². The van der Waals surface area contributed by atoms with Crippen molar-refractivity contribution in [3.05, 3.63) is 29.6 Å². The third-order valence-corrected chi connectivity index (χ3v) is 6.16. The van der Waals surface area contributed by atoms with Crippen LogP contribution in [0.3, 0.4) is 0 Å². The Balaban J connectivity index is 1.37. The molecule has 0 unspecified atom stereocenters. The van der Waals surface area contributed by atoms with Crippen LogP contribution in [0.15, 0.2) is 18.2 Å². The maximum atomic E-state index is 12.9. The lowest BCUT2D eigenvalue weighted by atomic mass is 9.91. The minimum atomic E-state index is -0.415. The van der Waals surface area contributed by atoms with Gasteiger partial charge in [-0.25, -0.2) is 4.79 Å². The standard InChI is InChI=1S/C21H29N3O3/c1-21(2,3)17-8-4-7-16(23-17)18-14-11-24(12-15(14)18)19(25)13-6-5-9-27-20(26)22-10-13/h4,7-8,13-15,18H,5-6,9-12H2,1-3H3,(H,22,26)/t13-,14-,15+,18+/m1/s1. The fraction of sp³-hybridized carbons (Fsp3) is 0.667. The molecule has 2 saturated heterocycles. The van der Waals surface area contributed by atoms with E-state index in [-0.39, 0.29) is 17.2 Å². The highest BCUT2D eigenvalue weighted by Crippen LogP contribution is 2.58. The quantitative estimate of drug-likeness (QED) is 0.868. The molecule has 1 aromatic heterocycles. The minimum absolute atomic E-state index is 0.0500. The number of alkyl carbamates (subject to hydrolysis) is 1. The first kappa shape index (κ1) is 18.3. The van der Waals surface area contributed by atoms with E-state index >= 15 is 0 Å². The van der Waals surface area contributed by atoms with Gasteiger partial charge in [-0.1, -0.05) is 26.8 Å². The first-order chi connectivity index (χ1) is 12.8. The molecule has 27 heavy (non-hydrogen) atoms. The topological polar surface area (TPSA) is 71.5 Å². The van der Waals surface area contributed by atoms with E-state index in [1.54, 1.807) is 0 Å². The maximum absolute atomic E-state index is 12.9. The number of carbonyl (C=O) groups is 2. The van der Waals surface area contributed by atoms with E-state index in [2.05, 4.69) is 44.3 Å². The molecule has 2 amide bonds. The van der Waals surface area contributed by atoms with Crippen molar-refractivity contribution in [1.29, 1.82) is 0 Å². The molecule has 3 aliphatic rings. The molecule has 1 saturated carbocycles. The SMILES string of the molecule is CC(C)(C)c1cccc([C@H]2[C@@H]3CN(C(=O)[C@@H]4CCCOC(=O)NC4)C[C@@H]32)n1. The smallest absolute Gasteiger partial charge is 0.407 e. The van der Waals surface area contributed by atoms with Crippen LogP contribution in [0.1, 0.15) is 50.9 Å². The number of amides is 2. The van der Waals surface area contributed by atoms with Gasteiger partial charge in [0.1, 0.15) is 0 Å².